The molecule has 1 aliphatic heterocycles. The van der Waals surface area contributed by atoms with Crippen molar-refractivity contribution in [1.82, 2.24) is 15.4 Å². The molecule has 0 spiro atoms. The van der Waals surface area contributed by atoms with E-state index in [1.54, 1.807) is 32.4 Å². The molecule has 214 valence electrons. The van der Waals surface area contributed by atoms with Crippen LogP contribution in [0.4, 0.5) is 0 Å². The highest BCUT2D eigenvalue weighted by Gasteiger charge is 2.39. The van der Waals surface area contributed by atoms with Crippen LogP contribution in [0.2, 0.25) is 0 Å². The first-order valence-electron chi connectivity index (χ1n) is 11.8. The number of hydrogen-bond donors (Lipinski definition) is 3. The number of amides is 2. The molecule has 0 radical (unpaired) electrons. The van der Waals surface area contributed by atoms with E-state index < -0.39 is 67.6 Å². The first kappa shape index (κ1) is 31.7. The lowest BCUT2D eigenvalue weighted by molar-refractivity contribution is -0.158. The van der Waals surface area contributed by atoms with Gasteiger partial charge in [-0.2, -0.15) is 0 Å². The monoisotopic (exact) mass is 595 g/mol. The summed E-state index contributed by atoms with van der Waals surface area (Å²) in [7, 11) is -8.13. The predicted molar refractivity (Wildman–Crippen MR) is 136 cm³/mol. The molecule has 0 unspecified atom stereocenters. The van der Waals surface area contributed by atoms with E-state index in [1.807, 2.05) is 6.92 Å². The maximum Gasteiger partial charge on any atom is 0.306 e. The zero-order valence-electron chi connectivity index (χ0n) is 21.8. The lowest BCUT2D eigenvalue weighted by Gasteiger charge is -2.27. The summed E-state index contributed by atoms with van der Waals surface area (Å²) in [5.74, 6) is -3.39. The first-order chi connectivity index (χ1) is 17.5. The van der Waals surface area contributed by atoms with Crippen LogP contribution in [-0.4, -0.2) is 71.1 Å². The van der Waals surface area contributed by atoms with Gasteiger partial charge in [0.25, 0.3) is 21.8 Å². The summed E-state index contributed by atoms with van der Waals surface area (Å²) in [6, 6.07) is 0.886. The van der Waals surface area contributed by atoms with E-state index >= 15 is 0 Å². The maximum atomic E-state index is 12.7. The van der Waals surface area contributed by atoms with Gasteiger partial charge in [0, 0.05) is 11.6 Å². The largest absolute Gasteiger partial charge is 0.460 e. The molecule has 2 rings (SSSR count). The van der Waals surface area contributed by atoms with E-state index in [-0.39, 0.29) is 33.7 Å². The van der Waals surface area contributed by atoms with Gasteiger partial charge in [-0.3, -0.25) is 19.2 Å². The van der Waals surface area contributed by atoms with Gasteiger partial charge in [-0.15, -0.1) is 11.3 Å². The number of sulfone groups is 1. The minimum atomic E-state index is -4.42. The standard InChI is InChI=1S/C22H33N3O10S3/c1-6-23-15-9-13(2)37(30,31)21-14(15)10-20(36-21)38(32,33)25-16(26)11-24-17(27)12-34-18(28)7-8-19(29)35-22(3,4)5/h10,13,15,23H,6-9,11-12H2,1-5H3,(H,24,27)(H,25,26)/t13-,15-/m0/s1. The molecular weight excluding hydrogens is 562 g/mol. The van der Waals surface area contributed by atoms with Gasteiger partial charge in [-0.1, -0.05) is 6.92 Å². The molecule has 0 saturated carbocycles. The van der Waals surface area contributed by atoms with E-state index in [1.165, 1.54) is 6.07 Å². The summed E-state index contributed by atoms with van der Waals surface area (Å²) in [6.07, 6.45) is -0.266. The van der Waals surface area contributed by atoms with Crippen LogP contribution in [0.1, 0.15) is 65.5 Å². The van der Waals surface area contributed by atoms with Crippen LogP contribution in [0.15, 0.2) is 14.5 Å². The Hall–Kier alpha value is -2.56. The van der Waals surface area contributed by atoms with Gasteiger partial charge in [0.15, 0.2) is 16.4 Å². The summed E-state index contributed by atoms with van der Waals surface area (Å²) in [4.78, 5) is 47.3. The number of sulfonamides is 1. The highest BCUT2D eigenvalue weighted by molar-refractivity contribution is 7.95. The Kier molecular flexibility index (Phi) is 10.4. The molecular formula is C22H33N3O10S3. The van der Waals surface area contributed by atoms with Crippen LogP contribution >= 0.6 is 11.3 Å². The Bertz CT molecular complexity index is 1280. The number of hydrogen-bond acceptors (Lipinski definition) is 12. The Morgan fingerprint density at radius 3 is 2.34 bits per heavy atom. The van der Waals surface area contributed by atoms with Crippen molar-refractivity contribution in [1.29, 1.82) is 0 Å². The highest BCUT2D eigenvalue weighted by Crippen LogP contribution is 2.42. The zero-order valence-corrected chi connectivity index (χ0v) is 24.2. The van der Waals surface area contributed by atoms with E-state index in [4.69, 9.17) is 9.47 Å². The Labute approximate surface area is 226 Å². The molecule has 1 aromatic heterocycles. The number of esters is 2. The number of carbonyl (C=O) groups excluding carboxylic acids is 4. The molecule has 0 aliphatic carbocycles. The van der Waals surface area contributed by atoms with Gasteiger partial charge in [0.2, 0.25) is 0 Å². The molecule has 13 nitrogen and oxygen atoms in total. The predicted octanol–water partition coefficient (Wildman–Crippen LogP) is 0.551. The molecule has 0 fully saturated rings. The van der Waals surface area contributed by atoms with Crippen molar-refractivity contribution in [3.8, 4) is 0 Å². The van der Waals surface area contributed by atoms with Crippen molar-refractivity contribution < 1.29 is 45.5 Å². The van der Waals surface area contributed by atoms with Gasteiger partial charge >= 0.3 is 11.9 Å². The van der Waals surface area contributed by atoms with Crippen LogP contribution in [0.25, 0.3) is 0 Å². The fourth-order valence-electron chi connectivity index (χ4n) is 3.45. The third-order valence-corrected chi connectivity index (χ3v) is 10.9. The van der Waals surface area contributed by atoms with Crippen LogP contribution < -0.4 is 15.4 Å². The van der Waals surface area contributed by atoms with Crippen molar-refractivity contribution in [3.63, 3.8) is 0 Å². The van der Waals surface area contributed by atoms with Gasteiger partial charge in [0.05, 0.1) is 24.6 Å². The molecule has 2 atom stereocenters. The second-order valence-electron chi connectivity index (χ2n) is 9.56. The Morgan fingerprint density at radius 1 is 1.11 bits per heavy atom. The van der Waals surface area contributed by atoms with Gasteiger partial charge in [-0.25, -0.2) is 21.6 Å². The summed E-state index contributed by atoms with van der Waals surface area (Å²) in [5.41, 5.74) is -0.368. The molecule has 0 saturated heterocycles. The smallest absolute Gasteiger partial charge is 0.306 e. The van der Waals surface area contributed by atoms with E-state index in [9.17, 15) is 36.0 Å². The fraction of sp³-hybridized carbons (Fsp3) is 0.636. The molecule has 0 aromatic carbocycles. The number of rotatable bonds is 11. The van der Waals surface area contributed by atoms with Crippen LogP contribution in [-0.2, 0) is 48.5 Å². The van der Waals surface area contributed by atoms with E-state index in [0.29, 0.717) is 23.4 Å². The number of ether oxygens (including phenoxy) is 2. The Morgan fingerprint density at radius 2 is 1.74 bits per heavy atom. The number of nitrogens with one attached hydrogen (secondary N) is 3. The van der Waals surface area contributed by atoms with Crippen molar-refractivity contribution in [2.75, 3.05) is 19.7 Å². The third kappa shape index (κ3) is 8.74. The first-order valence-corrected chi connectivity index (χ1v) is 15.6. The van der Waals surface area contributed by atoms with Crippen molar-refractivity contribution >= 4 is 55.0 Å². The SMILES string of the molecule is CCN[C@H]1C[C@H](C)S(=O)(=O)c2sc(S(=O)(=O)NC(=O)CNC(=O)COC(=O)CCC(=O)OC(C)(C)C)cc21. The maximum absolute atomic E-state index is 12.7. The summed E-state index contributed by atoms with van der Waals surface area (Å²) < 4.78 is 62.1. The molecule has 2 amide bonds. The van der Waals surface area contributed by atoms with Crippen molar-refractivity contribution in [2.24, 2.45) is 0 Å². The average molecular weight is 596 g/mol. The van der Waals surface area contributed by atoms with Gasteiger partial charge in [0.1, 0.15) is 14.0 Å². The highest BCUT2D eigenvalue weighted by atomic mass is 32.3. The summed E-state index contributed by atoms with van der Waals surface area (Å²) in [5, 5.41) is 4.55. The fourth-order valence-corrected chi connectivity index (χ4v) is 8.43. The molecule has 38 heavy (non-hydrogen) atoms. The number of thiophene rings is 1. The van der Waals surface area contributed by atoms with Gasteiger partial charge in [-0.05, 0) is 46.7 Å². The van der Waals surface area contributed by atoms with Crippen LogP contribution in [0, 0.1) is 0 Å². The lowest BCUT2D eigenvalue weighted by Crippen LogP contribution is -2.40. The average Bonchev–Trinajstić information content (AvgIpc) is 3.25. The molecule has 3 N–H and O–H groups in total. The quantitative estimate of drug-likeness (QED) is 0.303. The van der Waals surface area contributed by atoms with Crippen LogP contribution in [0.3, 0.4) is 0 Å². The third-order valence-electron chi connectivity index (χ3n) is 5.16. The van der Waals surface area contributed by atoms with Crippen LogP contribution in [0.5, 0.6) is 0 Å². The molecule has 2 heterocycles. The zero-order chi connectivity index (χ0) is 28.9. The molecule has 1 aromatic rings. The molecule has 1 aliphatic rings. The topological polar surface area (TPSA) is 191 Å². The minimum Gasteiger partial charge on any atom is -0.460 e. The number of carbonyl (C=O) groups is 4. The van der Waals surface area contributed by atoms with E-state index in [0.717, 1.165) is 0 Å². The second-order valence-corrected chi connectivity index (χ2v) is 15.1. The van der Waals surface area contributed by atoms with E-state index in [2.05, 4.69) is 10.6 Å². The second kappa shape index (κ2) is 12.5. The number of fused-ring (bicyclic) bond motifs is 1. The minimum absolute atomic E-state index is 0.0585. The molecule has 0 bridgehead atoms. The molecule has 16 heteroatoms. The normalized spacial score (nSPS) is 18.7. The van der Waals surface area contributed by atoms with Crippen molar-refractivity contribution in [3.05, 3.63) is 11.6 Å². The van der Waals surface area contributed by atoms with Gasteiger partial charge < -0.3 is 20.1 Å². The summed E-state index contributed by atoms with van der Waals surface area (Å²) in [6.45, 7) is 7.48. The lowest BCUT2D eigenvalue weighted by atomic mass is 10.1. The van der Waals surface area contributed by atoms with Crippen molar-refractivity contribution in [2.45, 2.75) is 79.2 Å². The Balaban J connectivity index is 1.89. The summed E-state index contributed by atoms with van der Waals surface area (Å²) >= 11 is 0.561.